The number of hydrogen-bond donors (Lipinski definition) is 0. The molecule has 5 heavy (non-hydrogen) atoms. The van der Waals surface area contributed by atoms with Gasteiger partial charge in [0.05, 0.1) is 0 Å². The van der Waals surface area contributed by atoms with Crippen LogP contribution in [0.4, 0.5) is 8.78 Å². The van der Waals surface area contributed by atoms with Crippen molar-refractivity contribution in [3.63, 3.8) is 0 Å². The summed E-state index contributed by atoms with van der Waals surface area (Å²) in [6.45, 7) is 0. The third kappa shape index (κ3) is 0.804. The normalized spacial score (nSPS) is 34.8. The van der Waals surface area contributed by atoms with Gasteiger partial charge < -0.3 is 0 Å². The van der Waals surface area contributed by atoms with Crippen LogP contribution < -0.4 is 0 Å². The molecule has 0 saturated carbocycles. The van der Waals surface area contributed by atoms with Gasteiger partial charge in [0.1, 0.15) is 0 Å². The van der Waals surface area contributed by atoms with Gasteiger partial charge in [0.15, 0.2) is 0 Å². The minimum Gasteiger partial charge on any atom is -0.202 e. The molecule has 0 amide bonds. The topological polar surface area (TPSA) is 0 Å². The SMILES string of the molecule is FC1(F)CP1. The number of hydrogen-bond acceptors (Lipinski definition) is 0. The van der Waals surface area contributed by atoms with E-state index in [-0.39, 0.29) is 14.7 Å². The molecular formula is C2H3F2P. The van der Waals surface area contributed by atoms with Crippen molar-refractivity contribution in [1.82, 2.24) is 0 Å². The first-order chi connectivity index (χ1) is 2.21. The van der Waals surface area contributed by atoms with E-state index >= 15 is 0 Å². The maximum Gasteiger partial charge on any atom is 0.265 e. The molecule has 0 aliphatic carbocycles. The molecule has 0 aromatic heterocycles. The van der Waals surface area contributed by atoms with Crippen LogP contribution in [0.25, 0.3) is 0 Å². The van der Waals surface area contributed by atoms with Crippen molar-refractivity contribution in [2.24, 2.45) is 0 Å². The summed E-state index contributed by atoms with van der Waals surface area (Å²) in [7, 11) is -0.0733. The summed E-state index contributed by atoms with van der Waals surface area (Å²) in [5, 5.41) is 0. The Morgan fingerprint density at radius 2 is 1.80 bits per heavy atom. The molecule has 0 radical (unpaired) electrons. The second kappa shape index (κ2) is 0.676. The first-order valence-corrected chi connectivity index (χ1v) is 2.54. The summed E-state index contributed by atoms with van der Waals surface area (Å²) in [6, 6.07) is 0. The van der Waals surface area contributed by atoms with Gasteiger partial charge in [-0.1, -0.05) is 0 Å². The van der Waals surface area contributed by atoms with Gasteiger partial charge in [-0.15, -0.1) is 0 Å². The van der Waals surface area contributed by atoms with E-state index in [0.29, 0.717) is 0 Å². The van der Waals surface area contributed by atoms with Crippen molar-refractivity contribution in [2.45, 2.75) is 5.66 Å². The van der Waals surface area contributed by atoms with Crippen molar-refractivity contribution >= 4 is 8.58 Å². The zero-order chi connectivity index (χ0) is 3.91. The molecule has 1 heterocycles. The summed E-state index contributed by atoms with van der Waals surface area (Å²) in [4.78, 5) is 0. The number of rotatable bonds is 0. The second-order valence-corrected chi connectivity index (χ2v) is 2.50. The number of alkyl halides is 2. The molecule has 1 saturated heterocycles. The van der Waals surface area contributed by atoms with Crippen LogP contribution in [0.5, 0.6) is 0 Å². The highest BCUT2D eigenvalue weighted by Gasteiger charge is 2.43. The molecule has 1 aliphatic rings. The lowest BCUT2D eigenvalue weighted by atomic mass is 10.9. The fourth-order valence-electron chi connectivity index (χ4n) is 0.0668. The predicted molar refractivity (Wildman–Crippen MR) is 18.1 cm³/mol. The molecule has 3 heteroatoms. The Bertz CT molecular complexity index is 45.6. The molecule has 0 N–H and O–H groups in total. The third-order valence-corrected chi connectivity index (χ3v) is 1.33. The van der Waals surface area contributed by atoms with E-state index in [1.54, 1.807) is 0 Å². The van der Waals surface area contributed by atoms with Crippen LogP contribution in [-0.2, 0) is 0 Å². The van der Waals surface area contributed by atoms with Crippen molar-refractivity contribution in [3.8, 4) is 0 Å². The summed E-state index contributed by atoms with van der Waals surface area (Å²) < 4.78 is 22.3. The Morgan fingerprint density at radius 3 is 1.80 bits per heavy atom. The average Bonchev–Trinajstić information content (AvgIpc) is 1.76. The fourth-order valence-corrected chi connectivity index (χ4v) is 0.200. The van der Waals surface area contributed by atoms with Crippen molar-refractivity contribution in [3.05, 3.63) is 0 Å². The maximum atomic E-state index is 11.1. The summed E-state index contributed by atoms with van der Waals surface area (Å²) >= 11 is 0. The second-order valence-electron chi connectivity index (χ2n) is 1.06. The molecule has 0 nitrogen and oxygen atoms in total. The van der Waals surface area contributed by atoms with E-state index in [4.69, 9.17) is 0 Å². The lowest BCUT2D eigenvalue weighted by Crippen LogP contribution is -1.80. The summed E-state index contributed by atoms with van der Waals surface area (Å²) in [6.07, 6.45) is 0.146. The highest BCUT2D eigenvalue weighted by Crippen LogP contribution is 2.53. The Hall–Kier alpha value is 0.290. The fraction of sp³-hybridized carbons (Fsp3) is 1.00. The van der Waals surface area contributed by atoms with Gasteiger partial charge >= 0.3 is 0 Å². The van der Waals surface area contributed by atoms with E-state index in [2.05, 4.69) is 0 Å². The van der Waals surface area contributed by atoms with E-state index in [1.807, 2.05) is 0 Å². The molecule has 1 rings (SSSR count). The highest BCUT2D eigenvalue weighted by atomic mass is 31.1. The van der Waals surface area contributed by atoms with Crippen molar-refractivity contribution in [2.75, 3.05) is 6.16 Å². The minimum atomic E-state index is -2.22. The van der Waals surface area contributed by atoms with Crippen LogP contribution in [0.3, 0.4) is 0 Å². The Morgan fingerprint density at radius 1 is 1.60 bits per heavy atom. The smallest absolute Gasteiger partial charge is 0.202 e. The van der Waals surface area contributed by atoms with Crippen molar-refractivity contribution < 1.29 is 8.78 Å². The van der Waals surface area contributed by atoms with Gasteiger partial charge in [-0.3, -0.25) is 0 Å². The molecule has 0 bridgehead atoms. The third-order valence-electron chi connectivity index (χ3n) is 0.444. The first-order valence-electron chi connectivity index (χ1n) is 1.34. The molecular weight excluding hydrogens is 93.0 g/mol. The first kappa shape index (κ1) is 3.48. The minimum absolute atomic E-state index is 0.0733. The van der Waals surface area contributed by atoms with E-state index in [1.165, 1.54) is 0 Å². The van der Waals surface area contributed by atoms with Crippen LogP contribution in [-0.4, -0.2) is 11.8 Å². The van der Waals surface area contributed by atoms with Gasteiger partial charge in [0.25, 0.3) is 5.66 Å². The van der Waals surface area contributed by atoms with Gasteiger partial charge in [0.2, 0.25) is 0 Å². The summed E-state index contributed by atoms with van der Waals surface area (Å²) in [5.41, 5.74) is -2.22. The monoisotopic (exact) mass is 96.0 g/mol. The Kier molecular flexibility index (Phi) is 0.470. The molecule has 1 unspecified atom stereocenters. The quantitative estimate of drug-likeness (QED) is 0.398. The molecule has 0 spiro atoms. The average molecular weight is 96.0 g/mol. The van der Waals surface area contributed by atoms with Gasteiger partial charge in [-0.25, -0.2) is 8.78 Å². The van der Waals surface area contributed by atoms with E-state index < -0.39 is 5.66 Å². The zero-order valence-electron chi connectivity index (χ0n) is 2.46. The molecule has 1 aliphatic heterocycles. The molecule has 0 aromatic rings. The lowest BCUT2D eigenvalue weighted by Gasteiger charge is -1.75. The van der Waals surface area contributed by atoms with E-state index in [0.717, 1.165) is 0 Å². The van der Waals surface area contributed by atoms with Crippen LogP contribution >= 0.6 is 8.58 Å². The molecule has 30 valence electrons. The zero-order valence-corrected chi connectivity index (χ0v) is 3.46. The van der Waals surface area contributed by atoms with E-state index in [9.17, 15) is 8.78 Å². The highest BCUT2D eigenvalue weighted by molar-refractivity contribution is 7.48. The van der Waals surface area contributed by atoms with Gasteiger partial charge in [-0.05, 0) is 8.58 Å². The van der Waals surface area contributed by atoms with Crippen molar-refractivity contribution in [1.29, 1.82) is 0 Å². The maximum absolute atomic E-state index is 11.1. The lowest BCUT2D eigenvalue weighted by molar-refractivity contribution is 0.166. The largest absolute Gasteiger partial charge is 0.265 e. The predicted octanol–water partition coefficient (Wildman–Crippen LogP) is 1.27. The molecule has 0 aromatic carbocycles. The van der Waals surface area contributed by atoms with Crippen LogP contribution in [0, 0.1) is 0 Å². The standard InChI is InChI=1S/C2H3F2P/c3-2(4)1-5-2/h5H,1H2. The van der Waals surface area contributed by atoms with Gasteiger partial charge in [0, 0.05) is 6.16 Å². The van der Waals surface area contributed by atoms with Crippen LogP contribution in [0.15, 0.2) is 0 Å². The molecule has 1 fully saturated rings. The Balaban J connectivity index is 2.38. The molecule has 1 atom stereocenters. The van der Waals surface area contributed by atoms with Gasteiger partial charge in [-0.2, -0.15) is 0 Å². The van der Waals surface area contributed by atoms with Crippen LogP contribution in [0.2, 0.25) is 0 Å². The number of halogens is 2. The summed E-state index contributed by atoms with van der Waals surface area (Å²) in [5.74, 6) is 0. The van der Waals surface area contributed by atoms with Crippen LogP contribution in [0.1, 0.15) is 0 Å². The Labute approximate surface area is 30.3 Å².